The van der Waals surface area contributed by atoms with Gasteiger partial charge in [0.1, 0.15) is 5.41 Å². The summed E-state index contributed by atoms with van der Waals surface area (Å²) in [5.41, 5.74) is 6.00. The molecule has 0 bridgehead atoms. The number of ether oxygens (including phenoxy) is 1. The van der Waals surface area contributed by atoms with E-state index in [-0.39, 0.29) is 17.4 Å². The van der Waals surface area contributed by atoms with Crippen LogP contribution in [-0.4, -0.2) is 44.3 Å². The fourth-order valence-corrected chi connectivity index (χ4v) is 5.32. The molecule has 1 aliphatic heterocycles. The summed E-state index contributed by atoms with van der Waals surface area (Å²) in [6.45, 7) is 7.98. The number of nitrogens with zero attached hydrogens (tertiary/aromatic N) is 1. The third kappa shape index (κ3) is 6.35. The quantitative estimate of drug-likeness (QED) is 0.428. The minimum absolute atomic E-state index is 0.0908. The first-order valence-corrected chi connectivity index (χ1v) is 12.6. The summed E-state index contributed by atoms with van der Waals surface area (Å²) in [6, 6.07) is 16.5. The molecule has 0 saturated carbocycles. The lowest BCUT2D eigenvalue weighted by Crippen LogP contribution is -2.46. The first-order valence-electron chi connectivity index (χ1n) is 11.9. The number of nitrogens with one attached hydrogen (secondary N) is 2. The Morgan fingerprint density at radius 1 is 1.17 bits per heavy atom. The predicted molar refractivity (Wildman–Crippen MR) is 141 cm³/mol. The van der Waals surface area contributed by atoms with Crippen LogP contribution in [0, 0.1) is 16.7 Å². The van der Waals surface area contributed by atoms with Crippen LogP contribution in [0.25, 0.3) is 0 Å². The maximum atomic E-state index is 13.5. The van der Waals surface area contributed by atoms with Gasteiger partial charge in [-0.2, -0.15) is 5.26 Å². The highest BCUT2D eigenvalue weighted by Crippen LogP contribution is 2.51. The zero-order valence-electron chi connectivity index (χ0n) is 20.5. The monoisotopic (exact) mass is 516 g/mol. The van der Waals surface area contributed by atoms with E-state index in [1.807, 2.05) is 30.3 Å². The van der Waals surface area contributed by atoms with Crippen molar-refractivity contribution in [2.45, 2.75) is 50.6 Å². The number of benzene rings is 2. The van der Waals surface area contributed by atoms with E-state index in [2.05, 4.69) is 37.5 Å². The van der Waals surface area contributed by atoms with Gasteiger partial charge in [-0.1, -0.05) is 68.2 Å². The maximum absolute atomic E-state index is 13.5. The predicted octanol–water partition coefficient (Wildman–Crippen LogP) is 4.41. The second-order valence-corrected chi connectivity index (χ2v) is 11.0. The molecule has 2 aromatic carbocycles. The molecule has 1 fully saturated rings. The van der Waals surface area contributed by atoms with E-state index in [1.165, 1.54) is 0 Å². The van der Waals surface area contributed by atoms with Gasteiger partial charge >= 0.3 is 0 Å². The molecule has 4 N–H and O–H groups in total. The Bertz CT molecular complexity index is 1050. The Labute approximate surface area is 218 Å². The van der Waals surface area contributed by atoms with Crippen molar-refractivity contribution in [1.82, 2.24) is 10.6 Å². The van der Waals surface area contributed by atoms with Crippen molar-refractivity contribution in [2.75, 3.05) is 26.3 Å². The minimum Gasteiger partial charge on any atom is -0.378 e. The molecule has 0 aromatic heterocycles. The summed E-state index contributed by atoms with van der Waals surface area (Å²) in [5, 5.41) is 18.5. The standard InChI is InChI=1S/C27H34Cl2N4O2/c1-26(2,3)16-22-27(17-31,19-7-9-20(28)10-8-19)23(18-5-4-6-21(29)15-18)24(33-22)25(34)32-12-14-35-13-11-30/h4-10,15,22-24,33H,11-14,16,30H2,1-3H3,(H,32,34)/t22-,23+,24?,27+/m1/s1. The van der Waals surface area contributed by atoms with E-state index in [1.54, 1.807) is 18.2 Å². The number of carbonyl (C=O) groups excluding carboxylic acids is 1. The molecule has 0 spiro atoms. The first-order chi connectivity index (χ1) is 16.6. The fraction of sp³-hybridized carbons (Fsp3) is 0.481. The van der Waals surface area contributed by atoms with Gasteiger partial charge in [-0.05, 0) is 47.2 Å². The molecule has 8 heteroatoms. The van der Waals surface area contributed by atoms with Crippen LogP contribution in [0.1, 0.15) is 44.2 Å². The topological polar surface area (TPSA) is 100 Å². The van der Waals surface area contributed by atoms with Crippen LogP contribution in [0.3, 0.4) is 0 Å². The smallest absolute Gasteiger partial charge is 0.237 e. The second kappa shape index (κ2) is 11.7. The Balaban J connectivity index is 2.10. The molecule has 4 atom stereocenters. The summed E-state index contributed by atoms with van der Waals surface area (Å²) in [6.07, 6.45) is 0.684. The van der Waals surface area contributed by atoms with Crippen LogP contribution in [0.15, 0.2) is 48.5 Å². The molecule has 0 aliphatic carbocycles. The Hall–Kier alpha value is -2.14. The van der Waals surface area contributed by atoms with Crippen molar-refractivity contribution in [1.29, 1.82) is 5.26 Å². The lowest BCUT2D eigenvalue weighted by atomic mass is 9.63. The van der Waals surface area contributed by atoms with Crippen molar-refractivity contribution in [2.24, 2.45) is 11.1 Å². The van der Waals surface area contributed by atoms with Crippen LogP contribution in [0.5, 0.6) is 0 Å². The Kier molecular flexibility index (Phi) is 9.20. The van der Waals surface area contributed by atoms with Gasteiger partial charge in [0.05, 0.1) is 25.3 Å². The molecule has 188 valence electrons. The number of nitriles is 1. The molecule has 6 nitrogen and oxygen atoms in total. The highest BCUT2D eigenvalue weighted by molar-refractivity contribution is 6.30. The minimum atomic E-state index is -1.03. The second-order valence-electron chi connectivity index (χ2n) is 10.2. The molecule has 0 radical (unpaired) electrons. The van der Waals surface area contributed by atoms with Crippen molar-refractivity contribution >= 4 is 29.1 Å². The highest BCUT2D eigenvalue weighted by Gasteiger charge is 2.59. The summed E-state index contributed by atoms with van der Waals surface area (Å²) >= 11 is 12.6. The first kappa shape index (κ1) is 27.4. The Morgan fingerprint density at radius 2 is 1.89 bits per heavy atom. The SMILES string of the molecule is CC(C)(C)C[C@H]1NC(C(=O)NCCOCCN)[C@H](c2cccc(Cl)c2)[C@@]1(C#N)c1ccc(Cl)cc1. The summed E-state index contributed by atoms with van der Waals surface area (Å²) < 4.78 is 5.41. The molecule has 35 heavy (non-hydrogen) atoms. The largest absolute Gasteiger partial charge is 0.378 e. The van der Waals surface area contributed by atoms with Gasteiger partial charge < -0.3 is 21.1 Å². The average Bonchev–Trinajstić information content (AvgIpc) is 3.12. The molecule has 2 aromatic rings. The van der Waals surface area contributed by atoms with Crippen molar-refractivity contribution in [3.63, 3.8) is 0 Å². The lowest BCUT2D eigenvalue weighted by Gasteiger charge is -2.37. The van der Waals surface area contributed by atoms with Crippen LogP contribution in [0.2, 0.25) is 10.0 Å². The van der Waals surface area contributed by atoms with E-state index in [4.69, 9.17) is 33.7 Å². The van der Waals surface area contributed by atoms with E-state index in [9.17, 15) is 10.1 Å². The number of halogens is 2. The Morgan fingerprint density at radius 3 is 2.49 bits per heavy atom. The van der Waals surface area contributed by atoms with Gasteiger partial charge in [0.15, 0.2) is 0 Å². The summed E-state index contributed by atoms with van der Waals surface area (Å²) in [5.74, 6) is -0.666. The molecule has 1 aliphatic rings. The normalized spacial score (nSPS) is 24.2. The van der Waals surface area contributed by atoms with E-state index in [0.29, 0.717) is 42.8 Å². The van der Waals surface area contributed by atoms with Crippen molar-refractivity contribution < 1.29 is 9.53 Å². The van der Waals surface area contributed by atoms with E-state index < -0.39 is 17.4 Å². The van der Waals surface area contributed by atoms with Gasteiger partial charge in [-0.15, -0.1) is 0 Å². The fourth-order valence-electron chi connectivity index (χ4n) is 5.00. The van der Waals surface area contributed by atoms with Crippen LogP contribution < -0.4 is 16.4 Å². The average molecular weight is 518 g/mol. The van der Waals surface area contributed by atoms with Gasteiger partial charge in [0.25, 0.3) is 0 Å². The van der Waals surface area contributed by atoms with Gasteiger partial charge in [0, 0.05) is 35.1 Å². The van der Waals surface area contributed by atoms with Crippen molar-refractivity contribution in [3.8, 4) is 6.07 Å². The zero-order valence-corrected chi connectivity index (χ0v) is 22.0. The molecular formula is C27H34Cl2N4O2. The molecule has 1 amide bonds. The van der Waals surface area contributed by atoms with E-state index >= 15 is 0 Å². The number of amides is 1. The zero-order chi connectivity index (χ0) is 25.6. The van der Waals surface area contributed by atoms with Crippen LogP contribution in [0.4, 0.5) is 0 Å². The highest BCUT2D eigenvalue weighted by atomic mass is 35.5. The number of hydrogen-bond donors (Lipinski definition) is 3. The van der Waals surface area contributed by atoms with Gasteiger partial charge in [0.2, 0.25) is 5.91 Å². The molecule has 1 saturated heterocycles. The molecule has 3 rings (SSSR count). The third-order valence-electron chi connectivity index (χ3n) is 6.38. The molecule has 1 heterocycles. The number of nitrogens with two attached hydrogens (primary N) is 1. The van der Waals surface area contributed by atoms with Crippen LogP contribution >= 0.6 is 23.2 Å². The van der Waals surface area contributed by atoms with Gasteiger partial charge in [-0.25, -0.2) is 0 Å². The van der Waals surface area contributed by atoms with Crippen LogP contribution in [-0.2, 0) is 14.9 Å². The number of rotatable bonds is 9. The van der Waals surface area contributed by atoms with E-state index in [0.717, 1.165) is 11.1 Å². The van der Waals surface area contributed by atoms with Crippen molar-refractivity contribution in [3.05, 3.63) is 69.7 Å². The number of hydrogen-bond acceptors (Lipinski definition) is 5. The maximum Gasteiger partial charge on any atom is 0.237 e. The summed E-state index contributed by atoms with van der Waals surface area (Å²) in [7, 11) is 0. The molecule has 1 unspecified atom stereocenters. The molecular weight excluding hydrogens is 483 g/mol. The van der Waals surface area contributed by atoms with Gasteiger partial charge in [-0.3, -0.25) is 4.79 Å². The summed E-state index contributed by atoms with van der Waals surface area (Å²) in [4.78, 5) is 13.5. The number of carbonyl (C=O) groups is 1. The lowest BCUT2D eigenvalue weighted by molar-refractivity contribution is -0.123. The third-order valence-corrected chi connectivity index (χ3v) is 6.86.